The Bertz CT molecular complexity index is 625. The molecule has 0 radical (unpaired) electrons. The molecule has 1 aliphatic carbocycles. The van der Waals surface area contributed by atoms with E-state index in [-0.39, 0.29) is 5.92 Å². The lowest BCUT2D eigenvalue weighted by atomic mass is 9.96. The van der Waals surface area contributed by atoms with Crippen LogP contribution in [0, 0.1) is 13.8 Å². The van der Waals surface area contributed by atoms with Crippen LogP contribution in [0.15, 0.2) is 12.1 Å². The first-order chi connectivity index (χ1) is 8.09. The molecular weight excluding hydrogens is 214 g/mol. The van der Waals surface area contributed by atoms with Crippen LogP contribution in [-0.4, -0.2) is 16.1 Å². The molecule has 2 aromatic rings. The fourth-order valence-electron chi connectivity index (χ4n) is 2.95. The standard InChI is InChI=1S/C14H15NO2/c1-7-3-4-8(2)13-11(7)12-9(14(16)17)5-6-10(12)15-13/h3-4,9,15H,5-6H2,1-2H3,(H,16,17). The molecule has 0 saturated carbocycles. The van der Waals surface area contributed by atoms with Crippen molar-refractivity contribution in [2.75, 3.05) is 0 Å². The number of hydrogen-bond donors (Lipinski definition) is 2. The van der Waals surface area contributed by atoms with Gasteiger partial charge in [-0.05, 0) is 43.4 Å². The number of rotatable bonds is 1. The summed E-state index contributed by atoms with van der Waals surface area (Å²) in [6.45, 7) is 4.11. The summed E-state index contributed by atoms with van der Waals surface area (Å²) < 4.78 is 0. The number of aliphatic carboxylic acids is 1. The quantitative estimate of drug-likeness (QED) is 0.790. The largest absolute Gasteiger partial charge is 0.481 e. The molecule has 1 aliphatic rings. The van der Waals surface area contributed by atoms with Crippen molar-refractivity contribution < 1.29 is 9.90 Å². The van der Waals surface area contributed by atoms with Crippen LogP contribution in [-0.2, 0) is 11.2 Å². The number of H-pyrrole nitrogens is 1. The molecule has 0 bridgehead atoms. The van der Waals surface area contributed by atoms with Crippen LogP contribution in [0.1, 0.15) is 34.7 Å². The van der Waals surface area contributed by atoms with E-state index < -0.39 is 5.97 Å². The topological polar surface area (TPSA) is 53.1 Å². The zero-order chi connectivity index (χ0) is 12.2. The van der Waals surface area contributed by atoms with Crippen LogP contribution < -0.4 is 0 Å². The van der Waals surface area contributed by atoms with Crippen molar-refractivity contribution in [3.8, 4) is 0 Å². The van der Waals surface area contributed by atoms with Gasteiger partial charge in [0, 0.05) is 16.6 Å². The molecule has 1 aromatic carbocycles. The Morgan fingerprint density at radius 1 is 1.35 bits per heavy atom. The van der Waals surface area contributed by atoms with Gasteiger partial charge >= 0.3 is 5.97 Å². The summed E-state index contributed by atoms with van der Waals surface area (Å²) in [5.41, 5.74) is 5.60. The highest BCUT2D eigenvalue weighted by atomic mass is 16.4. The van der Waals surface area contributed by atoms with Gasteiger partial charge in [-0.1, -0.05) is 12.1 Å². The van der Waals surface area contributed by atoms with E-state index in [9.17, 15) is 9.90 Å². The minimum atomic E-state index is -0.703. The van der Waals surface area contributed by atoms with Crippen LogP contribution in [0.2, 0.25) is 0 Å². The van der Waals surface area contributed by atoms with Crippen molar-refractivity contribution in [3.05, 3.63) is 34.5 Å². The summed E-state index contributed by atoms with van der Waals surface area (Å²) in [7, 11) is 0. The number of benzene rings is 1. The molecule has 88 valence electrons. The van der Waals surface area contributed by atoms with Crippen LogP contribution in [0.4, 0.5) is 0 Å². The number of aryl methyl sites for hydroxylation is 3. The number of carboxylic acid groups (broad SMARTS) is 1. The Balaban J connectivity index is 2.37. The average molecular weight is 229 g/mol. The number of hydrogen-bond acceptors (Lipinski definition) is 1. The number of fused-ring (bicyclic) bond motifs is 3. The Kier molecular flexibility index (Phi) is 2.05. The maximum atomic E-state index is 11.3. The molecule has 0 amide bonds. The van der Waals surface area contributed by atoms with Crippen molar-refractivity contribution in [2.45, 2.75) is 32.6 Å². The second kappa shape index (κ2) is 3.36. The monoisotopic (exact) mass is 229 g/mol. The number of nitrogens with one attached hydrogen (secondary N) is 1. The van der Waals surface area contributed by atoms with Gasteiger partial charge in [0.1, 0.15) is 0 Å². The number of carbonyl (C=O) groups is 1. The second-order valence-electron chi connectivity index (χ2n) is 4.90. The van der Waals surface area contributed by atoms with Gasteiger partial charge in [0.05, 0.1) is 5.92 Å². The summed E-state index contributed by atoms with van der Waals surface area (Å²) in [5.74, 6) is -1.04. The summed E-state index contributed by atoms with van der Waals surface area (Å²) in [6, 6.07) is 4.15. The SMILES string of the molecule is Cc1ccc(C)c2c3c([nH]c12)CCC3C(=O)O. The first-order valence-corrected chi connectivity index (χ1v) is 5.93. The molecular formula is C14H15NO2. The van der Waals surface area contributed by atoms with Crippen molar-refractivity contribution in [1.29, 1.82) is 0 Å². The third-order valence-electron chi connectivity index (χ3n) is 3.82. The molecule has 1 heterocycles. The maximum Gasteiger partial charge on any atom is 0.311 e. The summed E-state index contributed by atoms with van der Waals surface area (Å²) in [4.78, 5) is 14.7. The molecule has 0 fully saturated rings. The Hall–Kier alpha value is -1.77. The Morgan fingerprint density at radius 2 is 2.06 bits per heavy atom. The minimum absolute atomic E-state index is 0.334. The summed E-state index contributed by atoms with van der Waals surface area (Å²) in [6.07, 6.45) is 1.57. The highest BCUT2D eigenvalue weighted by Gasteiger charge is 2.32. The third kappa shape index (κ3) is 1.32. The lowest BCUT2D eigenvalue weighted by molar-refractivity contribution is -0.138. The van der Waals surface area contributed by atoms with Crippen LogP contribution >= 0.6 is 0 Å². The van der Waals surface area contributed by atoms with Gasteiger partial charge in [-0.15, -0.1) is 0 Å². The van der Waals surface area contributed by atoms with Crippen LogP contribution in [0.5, 0.6) is 0 Å². The van der Waals surface area contributed by atoms with E-state index >= 15 is 0 Å². The molecule has 0 aliphatic heterocycles. The smallest absolute Gasteiger partial charge is 0.311 e. The molecule has 3 rings (SSSR count). The molecule has 0 spiro atoms. The van der Waals surface area contributed by atoms with E-state index in [0.717, 1.165) is 40.6 Å². The van der Waals surface area contributed by atoms with Crippen molar-refractivity contribution >= 4 is 16.9 Å². The van der Waals surface area contributed by atoms with Gasteiger partial charge in [0.15, 0.2) is 0 Å². The fraction of sp³-hybridized carbons (Fsp3) is 0.357. The Labute approximate surface area is 99.5 Å². The van der Waals surface area contributed by atoms with Gasteiger partial charge in [0.25, 0.3) is 0 Å². The predicted molar refractivity (Wildman–Crippen MR) is 66.5 cm³/mol. The molecule has 1 unspecified atom stereocenters. The predicted octanol–water partition coefficient (Wildman–Crippen LogP) is 2.90. The molecule has 3 nitrogen and oxygen atoms in total. The normalized spacial score (nSPS) is 18.6. The lowest BCUT2D eigenvalue weighted by Gasteiger charge is -2.07. The molecule has 3 heteroatoms. The van der Waals surface area contributed by atoms with Gasteiger partial charge < -0.3 is 10.1 Å². The zero-order valence-corrected chi connectivity index (χ0v) is 10.0. The summed E-state index contributed by atoms with van der Waals surface area (Å²) in [5, 5.41) is 10.4. The highest BCUT2D eigenvalue weighted by Crippen LogP contribution is 2.40. The van der Waals surface area contributed by atoms with E-state index in [4.69, 9.17) is 0 Å². The van der Waals surface area contributed by atoms with E-state index in [0.29, 0.717) is 0 Å². The van der Waals surface area contributed by atoms with Crippen LogP contribution in [0.25, 0.3) is 10.9 Å². The van der Waals surface area contributed by atoms with Crippen molar-refractivity contribution in [1.82, 2.24) is 4.98 Å². The third-order valence-corrected chi connectivity index (χ3v) is 3.82. The van der Waals surface area contributed by atoms with Gasteiger partial charge in [-0.25, -0.2) is 0 Å². The van der Waals surface area contributed by atoms with Crippen molar-refractivity contribution in [2.24, 2.45) is 0 Å². The van der Waals surface area contributed by atoms with Crippen LogP contribution in [0.3, 0.4) is 0 Å². The maximum absolute atomic E-state index is 11.3. The number of carboxylic acids is 1. The first kappa shape index (κ1) is 10.4. The average Bonchev–Trinajstić information content (AvgIpc) is 2.81. The Morgan fingerprint density at radius 3 is 2.76 bits per heavy atom. The number of aromatic nitrogens is 1. The number of aromatic amines is 1. The minimum Gasteiger partial charge on any atom is -0.481 e. The van der Waals surface area contributed by atoms with Gasteiger partial charge in [-0.3, -0.25) is 4.79 Å². The molecule has 1 atom stereocenters. The first-order valence-electron chi connectivity index (χ1n) is 5.93. The fourth-order valence-corrected chi connectivity index (χ4v) is 2.95. The molecule has 1 aromatic heterocycles. The van der Waals surface area contributed by atoms with E-state index in [1.165, 1.54) is 5.56 Å². The lowest BCUT2D eigenvalue weighted by Crippen LogP contribution is -2.07. The van der Waals surface area contributed by atoms with E-state index in [1.54, 1.807) is 0 Å². The highest BCUT2D eigenvalue weighted by molar-refractivity contribution is 5.95. The van der Waals surface area contributed by atoms with Gasteiger partial charge in [-0.2, -0.15) is 0 Å². The van der Waals surface area contributed by atoms with E-state index in [1.807, 2.05) is 6.92 Å². The molecule has 17 heavy (non-hydrogen) atoms. The molecule has 0 saturated heterocycles. The summed E-state index contributed by atoms with van der Waals surface area (Å²) >= 11 is 0. The van der Waals surface area contributed by atoms with E-state index in [2.05, 4.69) is 24.0 Å². The molecule has 2 N–H and O–H groups in total. The second-order valence-corrected chi connectivity index (χ2v) is 4.90. The van der Waals surface area contributed by atoms with Gasteiger partial charge in [0.2, 0.25) is 0 Å². The van der Waals surface area contributed by atoms with Crippen molar-refractivity contribution in [3.63, 3.8) is 0 Å². The zero-order valence-electron chi connectivity index (χ0n) is 10.0.